The van der Waals surface area contributed by atoms with Crippen LogP contribution in [0, 0.1) is 17.1 Å². The first-order chi connectivity index (χ1) is 21.8. The number of rotatable bonds is 10. The summed E-state index contributed by atoms with van der Waals surface area (Å²) in [6, 6.07) is 21.2. The van der Waals surface area contributed by atoms with Gasteiger partial charge in [0.05, 0.1) is 26.5 Å². The molecule has 0 saturated heterocycles. The van der Waals surface area contributed by atoms with E-state index in [1.807, 2.05) is 42.5 Å². The van der Waals surface area contributed by atoms with Crippen molar-refractivity contribution >= 4 is 17.9 Å². The smallest absolute Gasteiger partial charge is 0.271 e. The molecule has 1 aliphatic rings. The number of imide groups is 1. The number of ether oxygens (including phenoxy) is 3. The number of carbonyl (C=O) groups excluding carboxylic acids is 2. The van der Waals surface area contributed by atoms with E-state index in [2.05, 4.69) is 0 Å². The Hall–Kier alpha value is -5.69. The van der Waals surface area contributed by atoms with E-state index < -0.39 is 17.6 Å². The Kier molecular flexibility index (Phi) is 9.09. The summed E-state index contributed by atoms with van der Waals surface area (Å²) in [5, 5.41) is 14.7. The van der Waals surface area contributed by atoms with Crippen molar-refractivity contribution in [3.63, 3.8) is 0 Å². The average molecular weight is 607 g/mol. The van der Waals surface area contributed by atoms with E-state index in [1.54, 1.807) is 49.0 Å². The topological polar surface area (TPSA) is 107 Å². The van der Waals surface area contributed by atoms with Crippen LogP contribution in [-0.2, 0) is 16.0 Å². The summed E-state index contributed by atoms with van der Waals surface area (Å²) in [4.78, 5) is 28.3. The molecule has 9 nitrogen and oxygen atoms in total. The molecule has 2 amide bonds. The van der Waals surface area contributed by atoms with E-state index in [9.17, 15) is 19.2 Å². The molecule has 0 atom stereocenters. The quantitative estimate of drug-likeness (QED) is 0.163. The number of methoxy groups -OCH3 is 2. The fourth-order valence-corrected chi connectivity index (χ4v) is 5.12. The van der Waals surface area contributed by atoms with Crippen LogP contribution in [-0.4, -0.2) is 53.9 Å². The maximum absolute atomic E-state index is 14.9. The van der Waals surface area contributed by atoms with Gasteiger partial charge in [-0.25, -0.2) is 9.07 Å². The third-order valence-electron chi connectivity index (χ3n) is 7.47. The zero-order valence-corrected chi connectivity index (χ0v) is 25.3. The molecule has 0 fully saturated rings. The molecular formula is C35H31FN4O5. The number of amides is 2. The zero-order valence-electron chi connectivity index (χ0n) is 25.3. The Bertz CT molecular complexity index is 1870. The van der Waals surface area contributed by atoms with Crippen LogP contribution in [0.15, 0.2) is 89.6 Å². The monoisotopic (exact) mass is 606 g/mol. The predicted octanol–water partition coefficient (Wildman–Crippen LogP) is 5.93. The number of nitriles is 1. The molecule has 1 aliphatic heterocycles. The molecular weight excluding hydrogens is 575 g/mol. The first-order valence-electron chi connectivity index (χ1n) is 14.3. The Morgan fingerprint density at radius 1 is 0.956 bits per heavy atom. The number of halogens is 1. The number of hydrogen-bond donors (Lipinski definition) is 0. The van der Waals surface area contributed by atoms with Gasteiger partial charge in [0.1, 0.15) is 17.3 Å². The minimum Gasteiger partial charge on any atom is -0.493 e. The van der Waals surface area contributed by atoms with Crippen molar-refractivity contribution in [1.82, 2.24) is 14.7 Å². The molecule has 5 rings (SSSR count). The Morgan fingerprint density at radius 3 is 2.36 bits per heavy atom. The fraction of sp³-hybridized carbons (Fsp3) is 0.200. The van der Waals surface area contributed by atoms with E-state index in [4.69, 9.17) is 19.3 Å². The van der Waals surface area contributed by atoms with Gasteiger partial charge in [-0.3, -0.25) is 14.5 Å². The van der Waals surface area contributed by atoms with E-state index >= 15 is 0 Å². The molecule has 0 unspecified atom stereocenters. The van der Waals surface area contributed by atoms with Gasteiger partial charge in [0.2, 0.25) is 0 Å². The van der Waals surface area contributed by atoms with Crippen LogP contribution in [0.4, 0.5) is 4.39 Å². The molecule has 0 aliphatic carbocycles. The third kappa shape index (κ3) is 6.19. The molecule has 0 saturated carbocycles. The number of hydrogen-bond acceptors (Lipinski definition) is 7. The number of carbonyl (C=O) groups is 2. The summed E-state index contributed by atoms with van der Waals surface area (Å²) in [6.07, 6.45) is 3.65. The Morgan fingerprint density at radius 2 is 1.69 bits per heavy atom. The van der Waals surface area contributed by atoms with Crippen molar-refractivity contribution in [3.8, 4) is 40.3 Å². The summed E-state index contributed by atoms with van der Waals surface area (Å²) in [5.41, 5.74) is 3.22. The van der Waals surface area contributed by atoms with Crippen LogP contribution in [0.25, 0.3) is 23.0 Å². The molecule has 0 spiro atoms. The standard InChI is InChI=1S/C35H31FN4O5/c1-5-45-30-14-12-24(19-29(30)36)33-25(21-40(38-33)26-9-7-6-8-10-26)18-27-22(2)28(20-37)35(42)39(34(27)41)16-15-23-11-13-31(43-3)32(17-23)44-4/h6-14,17-19,21H,5,15-16H2,1-4H3/b27-18+. The number of aromatic nitrogens is 2. The zero-order chi connectivity index (χ0) is 32.1. The number of para-hydroxylation sites is 1. The van der Waals surface area contributed by atoms with Crippen molar-refractivity contribution < 1.29 is 28.2 Å². The summed E-state index contributed by atoms with van der Waals surface area (Å²) >= 11 is 0. The lowest BCUT2D eigenvalue weighted by Gasteiger charge is -2.27. The van der Waals surface area contributed by atoms with Crippen LogP contribution in [0.3, 0.4) is 0 Å². The molecule has 2 heterocycles. The van der Waals surface area contributed by atoms with Gasteiger partial charge in [0.15, 0.2) is 23.1 Å². The second-order valence-corrected chi connectivity index (χ2v) is 10.2. The Labute approximate surface area is 260 Å². The highest BCUT2D eigenvalue weighted by Crippen LogP contribution is 2.33. The average Bonchev–Trinajstić information content (AvgIpc) is 3.48. The van der Waals surface area contributed by atoms with E-state index in [0.717, 1.165) is 16.2 Å². The molecule has 0 radical (unpaired) electrons. The van der Waals surface area contributed by atoms with E-state index in [-0.39, 0.29) is 29.0 Å². The van der Waals surface area contributed by atoms with Gasteiger partial charge in [-0.2, -0.15) is 10.4 Å². The fourth-order valence-electron chi connectivity index (χ4n) is 5.12. The van der Waals surface area contributed by atoms with Crippen LogP contribution in [0.2, 0.25) is 0 Å². The van der Waals surface area contributed by atoms with Crippen LogP contribution >= 0.6 is 0 Å². The highest BCUT2D eigenvalue weighted by atomic mass is 19.1. The van der Waals surface area contributed by atoms with Crippen molar-refractivity contribution in [2.24, 2.45) is 0 Å². The van der Waals surface area contributed by atoms with Crippen molar-refractivity contribution in [3.05, 3.63) is 107 Å². The summed E-state index contributed by atoms with van der Waals surface area (Å²) < 4.78 is 32.6. The molecule has 45 heavy (non-hydrogen) atoms. The van der Waals surface area contributed by atoms with Crippen LogP contribution < -0.4 is 14.2 Å². The van der Waals surface area contributed by atoms with Gasteiger partial charge in [0.25, 0.3) is 11.8 Å². The van der Waals surface area contributed by atoms with Gasteiger partial charge in [-0.1, -0.05) is 24.3 Å². The van der Waals surface area contributed by atoms with Crippen molar-refractivity contribution in [1.29, 1.82) is 5.26 Å². The van der Waals surface area contributed by atoms with Crippen molar-refractivity contribution in [2.75, 3.05) is 27.4 Å². The van der Waals surface area contributed by atoms with Crippen molar-refractivity contribution in [2.45, 2.75) is 20.3 Å². The van der Waals surface area contributed by atoms with Crippen LogP contribution in [0.1, 0.15) is 25.0 Å². The summed E-state index contributed by atoms with van der Waals surface area (Å²) in [5.74, 6) is -0.562. The molecule has 4 aromatic rings. The van der Waals surface area contributed by atoms with Gasteiger partial charge >= 0.3 is 0 Å². The van der Waals surface area contributed by atoms with E-state index in [0.29, 0.717) is 41.3 Å². The predicted molar refractivity (Wildman–Crippen MR) is 166 cm³/mol. The molecule has 3 aromatic carbocycles. The van der Waals surface area contributed by atoms with Gasteiger partial charge < -0.3 is 14.2 Å². The summed E-state index contributed by atoms with van der Waals surface area (Å²) in [6.45, 7) is 3.69. The maximum Gasteiger partial charge on any atom is 0.271 e. The summed E-state index contributed by atoms with van der Waals surface area (Å²) in [7, 11) is 3.06. The van der Waals surface area contributed by atoms with E-state index in [1.165, 1.54) is 26.4 Å². The number of nitrogens with zero attached hydrogens (tertiary/aromatic N) is 4. The van der Waals surface area contributed by atoms with Gasteiger partial charge in [-0.15, -0.1) is 0 Å². The highest BCUT2D eigenvalue weighted by molar-refractivity contribution is 6.19. The largest absolute Gasteiger partial charge is 0.493 e. The first-order valence-corrected chi connectivity index (χ1v) is 14.3. The molecule has 10 heteroatoms. The minimum absolute atomic E-state index is 0.0309. The second-order valence-electron chi connectivity index (χ2n) is 10.2. The lowest BCUT2D eigenvalue weighted by Crippen LogP contribution is -2.43. The number of benzene rings is 3. The Balaban J connectivity index is 1.57. The van der Waals surface area contributed by atoms with Gasteiger partial charge in [-0.05, 0) is 79.9 Å². The molecule has 1 aromatic heterocycles. The van der Waals surface area contributed by atoms with Crippen LogP contribution in [0.5, 0.6) is 17.2 Å². The molecule has 228 valence electrons. The highest BCUT2D eigenvalue weighted by Gasteiger charge is 2.35. The maximum atomic E-state index is 14.9. The second kappa shape index (κ2) is 13.3. The SMILES string of the molecule is CCOc1ccc(-c2nn(-c3ccccc3)cc2/C=C2/C(=O)N(CCc3ccc(OC)c(OC)c3)C(=O)C(C#N)=C2C)cc1F. The lowest BCUT2D eigenvalue weighted by atomic mass is 9.93. The minimum atomic E-state index is -0.661. The third-order valence-corrected chi connectivity index (χ3v) is 7.47. The lowest BCUT2D eigenvalue weighted by molar-refractivity contribution is -0.140. The van der Waals surface area contributed by atoms with Gasteiger partial charge in [0, 0.05) is 29.4 Å². The molecule has 0 bridgehead atoms. The normalized spacial score (nSPS) is 14.1. The molecule has 0 N–H and O–H groups in total. The first kappa shape index (κ1) is 30.8.